The van der Waals surface area contributed by atoms with Crippen LogP contribution < -0.4 is 10.2 Å². The molecule has 1 aromatic carbocycles. The molecule has 1 saturated heterocycles. The molecule has 0 atom stereocenters. The zero-order valence-electron chi connectivity index (χ0n) is 18.8. The highest BCUT2D eigenvalue weighted by molar-refractivity contribution is 7.98. The molecule has 1 N–H and O–H groups in total. The van der Waals surface area contributed by atoms with Crippen LogP contribution in [0.1, 0.15) is 37.0 Å². The Morgan fingerprint density at radius 2 is 2.03 bits per heavy atom. The maximum atomic E-state index is 11.2. The predicted octanol–water partition coefficient (Wildman–Crippen LogP) is 4.46. The number of hydrogen-bond donors (Lipinski definition) is 1. The van der Waals surface area contributed by atoms with Crippen molar-refractivity contribution in [3.05, 3.63) is 52.4 Å². The van der Waals surface area contributed by atoms with Crippen molar-refractivity contribution in [2.75, 3.05) is 43.4 Å². The van der Waals surface area contributed by atoms with Crippen LogP contribution in [-0.2, 0) is 17.0 Å². The average Bonchev–Trinajstić information content (AvgIpc) is 3.01. The van der Waals surface area contributed by atoms with Crippen LogP contribution in [0.3, 0.4) is 0 Å². The molecule has 1 aromatic heterocycles. The van der Waals surface area contributed by atoms with Crippen LogP contribution in [0.4, 0.5) is 17.2 Å². The summed E-state index contributed by atoms with van der Waals surface area (Å²) >= 11 is 1.52. The lowest BCUT2D eigenvalue weighted by Gasteiger charge is -2.25. The van der Waals surface area contributed by atoms with Crippen LogP contribution in [0, 0.1) is 17.9 Å². The fourth-order valence-corrected chi connectivity index (χ4v) is 4.75. The third-order valence-corrected chi connectivity index (χ3v) is 6.51. The Morgan fingerprint density at radius 1 is 1.28 bits per heavy atom. The van der Waals surface area contributed by atoms with E-state index in [9.17, 15) is 10.1 Å². The van der Waals surface area contributed by atoms with Gasteiger partial charge in [-0.15, -0.1) is 11.8 Å². The molecule has 2 aromatic rings. The number of carbonyl (C=O) groups excluding carboxylic acids is 1. The Kier molecular flexibility index (Phi) is 8.10. The second kappa shape index (κ2) is 11.0. The minimum absolute atomic E-state index is 0.103. The maximum absolute atomic E-state index is 11.2. The van der Waals surface area contributed by atoms with E-state index in [1.54, 1.807) is 0 Å². The van der Waals surface area contributed by atoms with Gasteiger partial charge in [0.2, 0.25) is 11.6 Å². The van der Waals surface area contributed by atoms with Crippen molar-refractivity contribution < 1.29 is 4.79 Å². The van der Waals surface area contributed by atoms with Gasteiger partial charge in [-0.25, -0.2) is 9.83 Å². The molecule has 32 heavy (non-hydrogen) atoms. The number of amides is 1. The molecule has 8 heteroatoms. The molecule has 1 aliphatic heterocycles. The van der Waals surface area contributed by atoms with Gasteiger partial charge < -0.3 is 15.1 Å². The van der Waals surface area contributed by atoms with Crippen LogP contribution in [0.15, 0.2) is 29.3 Å². The van der Waals surface area contributed by atoms with Gasteiger partial charge in [-0.3, -0.25) is 4.79 Å². The summed E-state index contributed by atoms with van der Waals surface area (Å²) in [6, 6.07) is 9.97. The van der Waals surface area contributed by atoms with Gasteiger partial charge in [-0.05, 0) is 49.7 Å². The molecular weight excluding hydrogens is 420 g/mol. The van der Waals surface area contributed by atoms with E-state index in [0.717, 1.165) is 49.4 Å². The van der Waals surface area contributed by atoms with Crippen molar-refractivity contribution in [3.8, 4) is 6.07 Å². The number of nitrogens with one attached hydrogen (secondary N) is 1. The van der Waals surface area contributed by atoms with E-state index in [1.807, 2.05) is 31.2 Å². The van der Waals surface area contributed by atoms with Crippen molar-refractivity contribution in [2.45, 2.75) is 37.5 Å². The Bertz CT molecular complexity index is 1050. The molecule has 0 spiro atoms. The Labute approximate surface area is 194 Å². The highest BCUT2D eigenvalue weighted by atomic mass is 32.2. The molecule has 0 saturated carbocycles. The lowest BCUT2D eigenvalue weighted by Crippen LogP contribution is -2.29. The number of aromatic nitrogens is 1. The number of anilines is 2. The fraction of sp³-hybridized carbons (Fsp3) is 0.417. The molecule has 1 aliphatic rings. The number of hydrogen-bond acceptors (Lipinski definition) is 6. The highest BCUT2D eigenvalue weighted by Gasteiger charge is 2.24. The normalized spacial score (nSPS) is 14.3. The second-order valence-corrected chi connectivity index (χ2v) is 8.79. The van der Waals surface area contributed by atoms with E-state index in [-0.39, 0.29) is 5.91 Å². The SMILES string of the molecule is [C-]#[N+]c1c(N2CCCN(C)CC2)nc(SCc2ccc(NC(C)=O)cc2)c(C#N)c1CC. The van der Waals surface area contributed by atoms with Crippen molar-refractivity contribution in [1.29, 1.82) is 5.26 Å². The number of nitriles is 1. The molecule has 1 fully saturated rings. The lowest BCUT2D eigenvalue weighted by atomic mass is 10.1. The van der Waals surface area contributed by atoms with Crippen LogP contribution in [0.25, 0.3) is 4.85 Å². The summed E-state index contributed by atoms with van der Waals surface area (Å²) in [7, 11) is 2.11. The lowest BCUT2D eigenvalue weighted by molar-refractivity contribution is -0.114. The Balaban J connectivity index is 1.91. The van der Waals surface area contributed by atoms with E-state index in [1.165, 1.54) is 18.7 Å². The first kappa shape index (κ1) is 23.6. The summed E-state index contributed by atoms with van der Waals surface area (Å²) in [5.74, 6) is 1.24. The van der Waals surface area contributed by atoms with Gasteiger partial charge in [0, 0.05) is 38.0 Å². The van der Waals surface area contributed by atoms with Gasteiger partial charge in [0.25, 0.3) is 0 Å². The van der Waals surface area contributed by atoms with Gasteiger partial charge in [0.05, 0.1) is 12.1 Å². The van der Waals surface area contributed by atoms with Crippen LogP contribution >= 0.6 is 11.8 Å². The first-order chi connectivity index (χ1) is 15.5. The third kappa shape index (κ3) is 5.59. The summed E-state index contributed by atoms with van der Waals surface area (Å²) in [5.41, 5.74) is 3.63. The average molecular weight is 449 g/mol. The van der Waals surface area contributed by atoms with E-state index in [4.69, 9.17) is 11.6 Å². The van der Waals surface area contributed by atoms with E-state index in [0.29, 0.717) is 34.3 Å². The van der Waals surface area contributed by atoms with Crippen LogP contribution in [0.2, 0.25) is 0 Å². The summed E-state index contributed by atoms with van der Waals surface area (Å²) in [6.07, 6.45) is 1.63. The molecule has 1 amide bonds. The van der Waals surface area contributed by atoms with Gasteiger partial charge in [-0.1, -0.05) is 19.1 Å². The van der Waals surface area contributed by atoms with Crippen molar-refractivity contribution in [3.63, 3.8) is 0 Å². The number of benzene rings is 1. The summed E-state index contributed by atoms with van der Waals surface area (Å²) in [6.45, 7) is 14.9. The first-order valence-electron chi connectivity index (χ1n) is 10.7. The van der Waals surface area contributed by atoms with Gasteiger partial charge in [-0.2, -0.15) is 5.26 Å². The minimum Gasteiger partial charge on any atom is -0.364 e. The molecule has 7 nitrogen and oxygen atoms in total. The maximum Gasteiger partial charge on any atom is 0.232 e. The number of thioether (sulfide) groups is 1. The number of carbonyl (C=O) groups is 1. The number of rotatable bonds is 6. The van der Waals surface area contributed by atoms with E-state index < -0.39 is 0 Å². The smallest absolute Gasteiger partial charge is 0.232 e. The molecule has 166 valence electrons. The molecule has 0 aliphatic carbocycles. The second-order valence-electron chi connectivity index (χ2n) is 7.83. The fourth-order valence-electron chi connectivity index (χ4n) is 3.79. The Hall–Kier alpha value is -3.07. The quantitative estimate of drug-likeness (QED) is 0.519. The summed E-state index contributed by atoms with van der Waals surface area (Å²) in [4.78, 5) is 24.4. The number of pyridine rings is 1. The summed E-state index contributed by atoms with van der Waals surface area (Å²) < 4.78 is 0. The van der Waals surface area contributed by atoms with E-state index in [2.05, 4.69) is 33.1 Å². The van der Waals surface area contributed by atoms with Crippen LogP contribution in [0.5, 0.6) is 0 Å². The zero-order valence-corrected chi connectivity index (χ0v) is 19.6. The molecule has 0 bridgehead atoms. The van der Waals surface area contributed by atoms with E-state index >= 15 is 0 Å². The van der Waals surface area contributed by atoms with Gasteiger partial charge in [0.1, 0.15) is 16.9 Å². The van der Waals surface area contributed by atoms with Gasteiger partial charge >= 0.3 is 0 Å². The Morgan fingerprint density at radius 3 is 2.66 bits per heavy atom. The van der Waals surface area contributed by atoms with Crippen molar-refractivity contribution in [2.24, 2.45) is 0 Å². The van der Waals surface area contributed by atoms with Crippen molar-refractivity contribution >= 4 is 34.9 Å². The monoisotopic (exact) mass is 448 g/mol. The molecule has 0 unspecified atom stereocenters. The topological polar surface area (TPSA) is 76.6 Å². The molecule has 3 rings (SSSR count). The van der Waals surface area contributed by atoms with Crippen molar-refractivity contribution in [1.82, 2.24) is 9.88 Å². The highest BCUT2D eigenvalue weighted by Crippen LogP contribution is 2.39. The third-order valence-electron chi connectivity index (χ3n) is 5.47. The molecular formula is C24H28N6OS. The van der Waals surface area contributed by atoms with Gasteiger partial charge in [0.15, 0.2) is 0 Å². The first-order valence-corrected chi connectivity index (χ1v) is 11.7. The largest absolute Gasteiger partial charge is 0.364 e. The number of nitrogens with zero attached hydrogens (tertiary/aromatic N) is 5. The summed E-state index contributed by atoms with van der Waals surface area (Å²) in [5, 5.41) is 13.3. The molecule has 0 radical (unpaired) electrons. The number of likely N-dealkylation sites (N-methyl/N-ethyl adjacent to an activating group) is 1. The predicted molar refractivity (Wildman–Crippen MR) is 129 cm³/mol. The minimum atomic E-state index is -0.103. The molecule has 2 heterocycles. The standard InChI is InChI=1S/C24H28N6OS/c1-5-20-21(15-25)24(32-16-18-7-9-19(10-8-18)27-17(2)31)28-23(22(20)26-3)30-12-6-11-29(4)13-14-30/h7-10H,5-6,11-14,16H2,1-2,4H3,(H,27,31). The zero-order chi connectivity index (χ0) is 23.1. The van der Waals surface area contributed by atoms with Crippen LogP contribution in [-0.4, -0.2) is 49.0 Å².